The molecule has 20 heavy (non-hydrogen) atoms. The molecular weight excluding hydrogens is 258 g/mol. The summed E-state index contributed by atoms with van der Waals surface area (Å²) >= 11 is 0. The number of nitrogens with one attached hydrogen (secondary N) is 2. The van der Waals surface area contributed by atoms with E-state index in [2.05, 4.69) is 0 Å². The molecule has 0 atom stereocenters. The Bertz CT molecular complexity index is 566. The zero-order chi connectivity index (χ0) is 14.7. The van der Waals surface area contributed by atoms with Gasteiger partial charge in [-0.3, -0.25) is 20.2 Å². The molecule has 0 saturated carbocycles. The van der Waals surface area contributed by atoms with Crippen molar-refractivity contribution in [2.45, 2.75) is 6.42 Å². The summed E-state index contributed by atoms with van der Waals surface area (Å²) in [5.74, 6) is -1.33. The molecule has 6 heteroatoms. The Hall–Kier alpha value is -2.63. The van der Waals surface area contributed by atoms with Crippen LogP contribution < -0.4 is 15.5 Å². The molecule has 2 N–H and O–H groups in total. The number of nitrogens with zero attached hydrogens (tertiary/aromatic N) is 1. The molecule has 1 saturated heterocycles. The maximum Gasteiger partial charge on any atom is 0.328 e. The van der Waals surface area contributed by atoms with E-state index in [1.54, 1.807) is 0 Å². The quantitative estimate of drug-likeness (QED) is 0.624. The van der Waals surface area contributed by atoms with Gasteiger partial charge in [0.1, 0.15) is 5.57 Å². The molecule has 1 aliphatic heterocycles. The highest BCUT2D eigenvalue weighted by Crippen LogP contribution is 2.13. The second-order valence-corrected chi connectivity index (χ2v) is 4.62. The normalized spacial score (nSPS) is 14.7. The molecule has 6 nitrogen and oxygen atoms in total. The largest absolute Gasteiger partial charge is 0.378 e. The van der Waals surface area contributed by atoms with Gasteiger partial charge in [-0.05, 0) is 24.1 Å². The Balaban J connectivity index is 2.10. The Morgan fingerprint density at radius 3 is 2.05 bits per heavy atom. The molecule has 1 aliphatic rings. The van der Waals surface area contributed by atoms with Gasteiger partial charge in [-0.2, -0.15) is 0 Å². The Morgan fingerprint density at radius 2 is 1.55 bits per heavy atom. The van der Waals surface area contributed by atoms with Crippen LogP contribution in [0.1, 0.15) is 5.56 Å². The fourth-order valence-electron chi connectivity index (χ4n) is 1.81. The number of barbiturate groups is 1. The zero-order valence-corrected chi connectivity index (χ0v) is 11.3. The molecule has 0 radical (unpaired) electrons. The molecule has 0 bridgehead atoms. The number of imide groups is 2. The molecule has 1 aromatic rings. The van der Waals surface area contributed by atoms with Crippen LogP contribution >= 0.6 is 0 Å². The van der Waals surface area contributed by atoms with E-state index in [0.29, 0.717) is 6.42 Å². The molecule has 104 valence electrons. The predicted molar refractivity (Wildman–Crippen MR) is 74.2 cm³/mol. The fraction of sp³-hybridized carbons (Fsp3) is 0.214. The maximum absolute atomic E-state index is 11.5. The van der Waals surface area contributed by atoms with E-state index in [1.807, 2.05) is 53.9 Å². The fourth-order valence-corrected chi connectivity index (χ4v) is 1.81. The van der Waals surface area contributed by atoms with Crippen LogP contribution in [0.4, 0.5) is 10.5 Å². The lowest BCUT2D eigenvalue weighted by atomic mass is 10.1. The minimum absolute atomic E-state index is 0.0405. The summed E-state index contributed by atoms with van der Waals surface area (Å²) in [5.41, 5.74) is 2.00. The smallest absolute Gasteiger partial charge is 0.328 e. The average Bonchev–Trinajstić information content (AvgIpc) is 2.38. The third-order valence-electron chi connectivity index (χ3n) is 2.94. The lowest BCUT2D eigenvalue weighted by Crippen LogP contribution is -2.51. The van der Waals surface area contributed by atoms with Crippen LogP contribution in [0, 0.1) is 0 Å². The van der Waals surface area contributed by atoms with Crippen molar-refractivity contribution in [1.29, 1.82) is 0 Å². The lowest BCUT2D eigenvalue weighted by molar-refractivity contribution is -0.124. The minimum atomic E-state index is -0.785. The van der Waals surface area contributed by atoms with Gasteiger partial charge < -0.3 is 4.90 Å². The second kappa shape index (κ2) is 5.56. The number of carbonyl (C=O) groups excluding carboxylic acids is 3. The molecule has 1 aromatic carbocycles. The molecule has 2 rings (SSSR count). The average molecular weight is 273 g/mol. The first kappa shape index (κ1) is 13.8. The molecule has 0 aliphatic carbocycles. The van der Waals surface area contributed by atoms with Crippen molar-refractivity contribution in [3.8, 4) is 0 Å². The SMILES string of the molecule is CN(C)c1ccc(CC=C2C(=O)NC(=O)NC2=O)cc1. The van der Waals surface area contributed by atoms with Gasteiger partial charge in [-0.25, -0.2) is 4.79 Å². The van der Waals surface area contributed by atoms with Crippen molar-refractivity contribution in [3.05, 3.63) is 41.5 Å². The van der Waals surface area contributed by atoms with Crippen LogP contribution in [0.5, 0.6) is 0 Å². The summed E-state index contributed by atoms with van der Waals surface area (Å²) in [6.07, 6.45) is 1.96. The number of hydrogen-bond acceptors (Lipinski definition) is 4. The molecule has 0 aromatic heterocycles. The third-order valence-corrected chi connectivity index (χ3v) is 2.94. The van der Waals surface area contributed by atoms with E-state index >= 15 is 0 Å². The van der Waals surface area contributed by atoms with Crippen molar-refractivity contribution in [2.24, 2.45) is 0 Å². The number of hydrogen-bond donors (Lipinski definition) is 2. The number of rotatable bonds is 3. The zero-order valence-electron chi connectivity index (χ0n) is 11.3. The Morgan fingerprint density at radius 1 is 1.00 bits per heavy atom. The van der Waals surface area contributed by atoms with Crippen LogP contribution in [0.25, 0.3) is 0 Å². The number of anilines is 1. The molecule has 0 spiro atoms. The van der Waals surface area contributed by atoms with Gasteiger partial charge in [0.15, 0.2) is 0 Å². The van der Waals surface area contributed by atoms with E-state index in [0.717, 1.165) is 11.3 Å². The highest BCUT2D eigenvalue weighted by atomic mass is 16.2. The summed E-state index contributed by atoms with van der Waals surface area (Å²) in [5, 5.41) is 4.07. The van der Waals surface area contributed by atoms with Crippen LogP contribution in [0.15, 0.2) is 35.9 Å². The lowest BCUT2D eigenvalue weighted by Gasteiger charge is -2.14. The van der Waals surface area contributed by atoms with Gasteiger partial charge in [0.25, 0.3) is 11.8 Å². The summed E-state index contributed by atoms with van der Waals surface area (Å²) in [6.45, 7) is 0. The molecule has 4 amide bonds. The highest BCUT2D eigenvalue weighted by molar-refractivity contribution is 6.28. The summed E-state index contributed by atoms with van der Waals surface area (Å²) in [6, 6.07) is 6.98. The van der Waals surface area contributed by atoms with Crippen LogP contribution in [-0.4, -0.2) is 31.9 Å². The Kier molecular flexibility index (Phi) is 3.84. The molecule has 0 unspecified atom stereocenters. The molecule has 1 fully saturated rings. The second-order valence-electron chi connectivity index (χ2n) is 4.62. The minimum Gasteiger partial charge on any atom is -0.378 e. The standard InChI is InChI=1S/C14H15N3O3/c1-17(2)10-6-3-9(4-7-10)5-8-11-12(18)15-14(20)16-13(11)19/h3-4,6-8H,5H2,1-2H3,(H2,15,16,18,19,20). The van der Waals surface area contributed by atoms with Gasteiger partial charge in [0.05, 0.1) is 0 Å². The van der Waals surface area contributed by atoms with E-state index < -0.39 is 17.8 Å². The number of amides is 4. The number of carbonyl (C=O) groups is 3. The van der Waals surface area contributed by atoms with E-state index in [-0.39, 0.29) is 5.57 Å². The van der Waals surface area contributed by atoms with Crippen molar-refractivity contribution >= 4 is 23.5 Å². The van der Waals surface area contributed by atoms with Gasteiger partial charge in [0, 0.05) is 19.8 Å². The van der Waals surface area contributed by atoms with Gasteiger partial charge >= 0.3 is 6.03 Å². The maximum atomic E-state index is 11.5. The van der Waals surface area contributed by atoms with Crippen LogP contribution in [0.2, 0.25) is 0 Å². The third kappa shape index (κ3) is 3.03. The van der Waals surface area contributed by atoms with E-state index in [9.17, 15) is 14.4 Å². The van der Waals surface area contributed by atoms with Crippen LogP contribution in [0.3, 0.4) is 0 Å². The van der Waals surface area contributed by atoms with E-state index in [4.69, 9.17) is 0 Å². The first-order valence-electron chi connectivity index (χ1n) is 6.10. The summed E-state index contributed by atoms with van der Waals surface area (Å²) in [7, 11) is 3.90. The first-order valence-corrected chi connectivity index (χ1v) is 6.10. The highest BCUT2D eigenvalue weighted by Gasteiger charge is 2.27. The topological polar surface area (TPSA) is 78.5 Å². The monoisotopic (exact) mass is 273 g/mol. The number of urea groups is 1. The van der Waals surface area contributed by atoms with E-state index in [1.165, 1.54) is 6.08 Å². The van der Waals surface area contributed by atoms with Crippen LogP contribution in [-0.2, 0) is 16.0 Å². The van der Waals surface area contributed by atoms with Gasteiger partial charge in [-0.15, -0.1) is 0 Å². The predicted octanol–water partition coefficient (Wildman–Crippen LogP) is 0.587. The summed E-state index contributed by atoms with van der Waals surface area (Å²) in [4.78, 5) is 35.9. The Labute approximate surface area is 116 Å². The van der Waals surface area contributed by atoms with Gasteiger partial charge in [-0.1, -0.05) is 18.2 Å². The van der Waals surface area contributed by atoms with Gasteiger partial charge in [0.2, 0.25) is 0 Å². The van der Waals surface area contributed by atoms with Crippen molar-refractivity contribution in [3.63, 3.8) is 0 Å². The van der Waals surface area contributed by atoms with Crippen molar-refractivity contribution in [2.75, 3.05) is 19.0 Å². The molecular formula is C14H15N3O3. The van der Waals surface area contributed by atoms with Crippen molar-refractivity contribution in [1.82, 2.24) is 10.6 Å². The van der Waals surface area contributed by atoms with Crippen molar-refractivity contribution < 1.29 is 14.4 Å². The summed E-state index contributed by atoms with van der Waals surface area (Å²) < 4.78 is 0. The number of benzene rings is 1. The number of allylic oxidation sites excluding steroid dienone is 1. The molecule has 1 heterocycles. The first-order chi connectivity index (χ1) is 9.47.